The summed E-state index contributed by atoms with van der Waals surface area (Å²) in [4.78, 5) is 43.9. The van der Waals surface area contributed by atoms with Crippen LogP contribution in [0.1, 0.15) is 56.9 Å². The predicted octanol–water partition coefficient (Wildman–Crippen LogP) is 4.17. The van der Waals surface area contributed by atoms with Crippen molar-refractivity contribution in [3.05, 3.63) is 51.8 Å². The molecular formula is C22H24N2O5S. The molecule has 8 heteroatoms. The number of H-pyrrole nitrogens is 1. The summed E-state index contributed by atoms with van der Waals surface area (Å²) in [5.74, 6) is -1.29. The van der Waals surface area contributed by atoms with E-state index in [9.17, 15) is 14.4 Å². The molecule has 1 N–H and O–H groups in total. The molecule has 2 heterocycles. The van der Waals surface area contributed by atoms with Crippen LogP contribution in [0.15, 0.2) is 24.3 Å². The molecule has 0 bridgehead atoms. The average Bonchev–Trinajstić information content (AvgIpc) is 3.26. The van der Waals surface area contributed by atoms with Crippen molar-refractivity contribution in [1.82, 2.24) is 9.97 Å². The van der Waals surface area contributed by atoms with Gasteiger partial charge in [-0.15, -0.1) is 11.3 Å². The molecule has 0 saturated heterocycles. The standard InChI is InChI=1S/C22H24N2O5S/c1-4-28-22(27)21-13(2)20(14(3)23-21)16(25)12-29-19(26)11-7-10-18-24-15-8-5-6-9-17(15)30-18/h5-6,8-9,23H,4,7,10-12H2,1-3H3. The number of aryl methyl sites for hydroxylation is 2. The minimum Gasteiger partial charge on any atom is -0.461 e. The fraction of sp³-hybridized carbons (Fsp3) is 0.364. The van der Waals surface area contributed by atoms with E-state index in [2.05, 4.69) is 9.97 Å². The fourth-order valence-corrected chi connectivity index (χ4v) is 4.29. The first-order valence-corrected chi connectivity index (χ1v) is 10.6. The minimum atomic E-state index is -0.510. The van der Waals surface area contributed by atoms with E-state index >= 15 is 0 Å². The molecule has 0 unspecified atom stereocenters. The van der Waals surface area contributed by atoms with Crippen molar-refractivity contribution < 1.29 is 23.9 Å². The Labute approximate surface area is 178 Å². The lowest BCUT2D eigenvalue weighted by atomic mass is 10.1. The van der Waals surface area contributed by atoms with E-state index in [1.807, 2.05) is 24.3 Å². The van der Waals surface area contributed by atoms with Crippen LogP contribution in [0, 0.1) is 13.8 Å². The predicted molar refractivity (Wildman–Crippen MR) is 114 cm³/mol. The summed E-state index contributed by atoms with van der Waals surface area (Å²) in [7, 11) is 0. The topological polar surface area (TPSA) is 98.4 Å². The van der Waals surface area contributed by atoms with Gasteiger partial charge in [-0.05, 0) is 51.3 Å². The van der Waals surface area contributed by atoms with E-state index in [0.29, 0.717) is 29.7 Å². The molecule has 3 rings (SSSR count). The van der Waals surface area contributed by atoms with Gasteiger partial charge < -0.3 is 14.5 Å². The summed E-state index contributed by atoms with van der Waals surface area (Å²) < 4.78 is 11.3. The van der Waals surface area contributed by atoms with Gasteiger partial charge in [0.25, 0.3) is 0 Å². The van der Waals surface area contributed by atoms with Crippen molar-refractivity contribution in [3.63, 3.8) is 0 Å². The molecule has 0 spiro atoms. The van der Waals surface area contributed by atoms with Crippen LogP contribution in [0.2, 0.25) is 0 Å². The summed E-state index contributed by atoms with van der Waals surface area (Å²) in [6.45, 7) is 4.97. The zero-order valence-electron chi connectivity index (χ0n) is 17.2. The van der Waals surface area contributed by atoms with Crippen LogP contribution in [-0.4, -0.2) is 40.9 Å². The third kappa shape index (κ3) is 4.94. The molecule has 0 aliphatic rings. The molecule has 7 nitrogen and oxygen atoms in total. The maximum atomic E-state index is 12.5. The molecule has 30 heavy (non-hydrogen) atoms. The Morgan fingerprint density at radius 3 is 2.63 bits per heavy atom. The number of nitrogens with one attached hydrogen (secondary N) is 1. The van der Waals surface area contributed by atoms with Crippen molar-refractivity contribution in [2.24, 2.45) is 0 Å². The number of Topliss-reactive ketones (excluding diaryl/α,β-unsaturated/α-hetero) is 1. The number of carbonyl (C=O) groups is 3. The van der Waals surface area contributed by atoms with Crippen molar-refractivity contribution in [1.29, 1.82) is 0 Å². The van der Waals surface area contributed by atoms with Crippen LogP contribution in [0.5, 0.6) is 0 Å². The van der Waals surface area contributed by atoms with Crippen LogP contribution in [0.25, 0.3) is 10.2 Å². The van der Waals surface area contributed by atoms with Crippen LogP contribution >= 0.6 is 11.3 Å². The molecular weight excluding hydrogens is 404 g/mol. The first-order valence-electron chi connectivity index (χ1n) is 9.80. The van der Waals surface area contributed by atoms with Crippen LogP contribution in [0.3, 0.4) is 0 Å². The Morgan fingerprint density at radius 1 is 1.13 bits per heavy atom. The molecule has 0 radical (unpaired) electrons. The van der Waals surface area contributed by atoms with E-state index < -0.39 is 11.9 Å². The highest BCUT2D eigenvalue weighted by Gasteiger charge is 2.23. The van der Waals surface area contributed by atoms with Gasteiger partial charge in [-0.25, -0.2) is 9.78 Å². The zero-order valence-corrected chi connectivity index (χ0v) is 18.1. The number of carbonyl (C=O) groups excluding carboxylic acids is 3. The third-order valence-electron chi connectivity index (χ3n) is 4.67. The average molecular weight is 429 g/mol. The Bertz CT molecular complexity index is 1050. The molecule has 0 atom stereocenters. The summed E-state index contributed by atoms with van der Waals surface area (Å²) in [6, 6.07) is 7.91. The minimum absolute atomic E-state index is 0.211. The van der Waals surface area contributed by atoms with E-state index in [4.69, 9.17) is 9.47 Å². The van der Waals surface area contributed by atoms with Gasteiger partial charge in [-0.3, -0.25) is 9.59 Å². The van der Waals surface area contributed by atoms with Gasteiger partial charge in [0.15, 0.2) is 6.61 Å². The van der Waals surface area contributed by atoms with Gasteiger partial charge in [0.2, 0.25) is 5.78 Å². The van der Waals surface area contributed by atoms with Gasteiger partial charge in [0.1, 0.15) is 5.69 Å². The number of rotatable bonds is 9. The lowest BCUT2D eigenvalue weighted by molar-refractivity contribution is -0.142. The molecule has 1 aromatic carbocycles. The number of esters is 2. The zero-order chi connectivity index (χ0) is 21.7. The fourth-order valence-electron chi connectivity index (χ4n) is 3.28. The summed E-state index contributed by atoms with van der Waals surface area (Å²) >= 11 is 1.62. The van der Waals surface area contributed by atoms with Gasteiger partial charge >= 0.3 is 11.9 Å². The van der Waals surface area contributed by atoms with Gasteiger partial charge in [-0.2, -0.15) is 0 Å². The largest absolute Gasteiger partial charge is 0.461 e. The number of aromatic amines is 1. The van der Waals surface area contributed by atoms with Crippen LogP contribution < -0.4 is 0 Å². The number of para-hydroxylation sites is 1. The number of fused-ring (bicyclic) bond motifs is 1. The molecule has 2 aromatic heterocycles. The second-order valence-corrected chi connectivity index (χ2v) is 7.97. The van der Waals surface area contributed by atoms with Crippen LogP contribution in [-0.2, 0) is 20.7 Å². The Morgan fingerprint density at radius 2 is 1.90 bits per heavy atom. The highest BCUT2D eigenvalue weighted by molar-refractivity contribution is 7.18. The van der Waals surface area contributed by atoms with Crippen molar-refractivity contribution in [3.8, 4) is 0 Å². The number of thiazole rings is 1. The Hall–Kier alpha value is -3.00. The van der Waals surface area contributed by atoms with E-state index in [-0.39, 0.29) is 31.1 Å². The second-order valence-electron chi connectivity index (χ2n) is 6.86. The molecule has 0 saturated carbocycles. The first-order chi connectivity index (χ1) is 14.4. The van der Waals surface area contributed by atoms with Crippen molar-refractivity contribution >= 4 is 39.3 Å². The smallest absolute Gasteiger partial charge is 0.355 e. The maximum Gasteiger partial charge on any atom is 0.355 e. The number of hydrogen-bond donors (Lipinski definition) is 1. The third-order valence-corrected chi connectivity index (χ3v) is 5.77. The van der Waals surface area contributed by atoms with Gasteiger partial charge in [-0.1, -0.05) is 12.1 Å². The highest BCUT2D eigenvalue weighted by atomic mass is 32.1. The van der Waals surface area contributed by atoms with E-state index in [1.54, 1.807) is 32.1 Å². The lowest BCUT2D eigenvalue weighted by Gasteiger charge is -2.05. The molecule has 158 valence electrons. The number of benzene rings is 1. The SMILES string of the molecule is CCOC(=O)c1[nH]c(C)c(C(=O)COC(=O)CCCc2nc3ccccc3s2)c1C. The lowest BCUT2D eigenvalue weighted by Crippen LogP contribution is -2.15. The summed E-state index contributed by atoms with van der Waals surface area (Å²) in [6.07, 6.45) is 1.49. The second kappa shape index (κ2) is 9.67. The van der Waals surface area contributed by atoms with Gasteiger partial charge in [0, 0.05) is 17.7 Å². The van der Waals surface area contributed by atoms with Crippen molar-refractivity contribution in [2.75, 3.05) is 13.2 Å². The van der Waals surface area contributed by atoms with Crippen molar-refractivity contribution in [2.45, 2.75) is 40.0 Å². The number of ketones is 1. The number of ether oxygens (including phenoxy) is 2. The quantitative estimate of drug-likeness (QED) is 0.406. The van der Waals surface area contributed by atoms with E-state index in [0.717, 1.165) is 15.2 Å². The summed E-state index contributed by atoms with van der Waals surface area (Å²) in [5, 5.41) is 0.977. The molecule has 0 aliphatic heterocycles. The number of hydrogen-bond acceptors (Lipinski definition) is 7. The highest BCUT2D eigenvalue weighted by Crippen LogP contribution is 2.23. The van der Waals surface area contributed by atoms with Crippen LogP contribution in [0.4, 0.5) is 0 Å². The number of nitrogens with zero attached hydrogens (tertiary/aromatic N) is 1. The van der Waals surface area contributed by atoms with E-state index in [1.165, 1.54) is 0 Å². The number of aromatic nitrogens is 2. The Balaban J connectivity index is 1.49. The molecule has 0 aliphatic carbocycles. The van der Waals surface area contributed by atoms with Gasteiger partial charge in [0.05, 0.1) is 21.8 Å². The monoisotopic (exact) mass is 428 g/mol. The Kier molecular flexibility index (Phi) is 6.99. The molecule has 3 aromatic rings. The first kappa shape index (κ1) is 21.7. The normalized spacial score (nSPS) is 10.9. The maximum absolute atomic E-state index is 12.5. The molecule has 0 amide bonds. The molecule has 0 fully saturated rings. The summed E-state index contributed by atoms with van der Waals surface area (Å²) in [5.41, 5.74) is 2.63.